The number of nitrogens with zero attached hydrogens (tertiary/aromatic N) is 2. The molecule has 1 aliphatic rings. The van der Waals surface area contributed by atoms with E-state index in [1.807, 2.05) is 44.1 Å². The lowest BCUT2D eigenvalue weighted by Crippen LogP contribution is -2.41. The molecule has 0 aliphatic carbocycles. The Morgan fingerprint density at radius 2 is 2.13 bits per heavy atom. The number of benzene rings is 1. The Hall–Kier alpha value is -1.59. The van der Waals surface area contributed by atoms with Crippen LogP contribution in [0.5, 0.6) is 5.75 Å². The number of hydrogen-bond acceptors (Lipinski definition) is 4. The van der Waals surface area contributed by atoms with Crippen LogP contribution in [-0.4, -0.2) is 69.3 Å². The minimum atomic E-state index is 0.0423. The predicted molar refractivity (Wildman–Crippen MR) is 91.2 cm³/mol. The first kappa shape index (κ1) is 17.8. The van der Waals surface area contributed by atoms with E-state index in [9.17, 15) is 4.79 Å². The highest BCUT2D eigenvalue weighted by molar-refractivity contribution is 5.94. The Morgan fingerprint density at radius 1 is 1.35 bits per heavy atom. The molecular formula is C18H28N2O3. The lowest BCUT2D eigenvalue weighted by atomic mass is 10.1. The van der Waals surface area contributed by atoms with Gasteiger partial charge in [-0.25, -0.2) is 0 Å². The number of carbonyl (C=O) groups excluding carboxylic acids is 1. The molecule has 2 rings (SSSR count). The molecule has 23 heavy (non-hydrogen) atoms. The summed E-state index contributed by atoms with van der Waals surface area (Å²) in [6.07, 6.45) is 2.27. The van der Waals surface area contributed by atoms with E-state index in [4.69, 9.17) is 9.47 Å². The molecule has 0 unspecified atom stereocenters. The Kier molecular flexibility index (Phi) is 6.42. The largest absolute Gasteiger partial charge is 0.496 e. The van der Waals surface area contributed by atoms with Gasteiger partial charge in [-0.05, 0) is 51.6 Å². The van der Waals surface area contributed by atoms with Crippen LogP contribution < -0.4 is 4.74 Å². The Morgan fingerprint density at radius 3 is 2.74 bits per heavy atom. The zero-order valence-electron chi connectivity index (χ0n) is 14.7. The molecule has 1 heterocycles. The lowest BCUT2D eigenvalue weighted by Gasteiger charge is -2.27. The summed E-state index contributed by atoms with van der Waals surface area (Å²) >= 11 is 0. The standard InChI is InChI=1S/C18H28N2O3/c1-14-7-8-15(12-17(14)22-4)18(21)20(10-9-19(2)3)13-16-6-5-11-23-16/h7-8,12,16H,5-6,9-11,13H2,1-4H3/t16-/m1/s1. The van der Waals surface area contributed by atoms with Gasteiger partial charge in [-0.15, -0.1) is 0 Å². The van der Waals surface area contributed by atoms with Crippen LogP contribution in [-0.2, 0) is 4.74 Å². The topological polar surface area (TPSA) is 42.0 Å². The van der Waals surface area contributed by atoms with Gasteiger partial charge in [0.1, 0.15) is 5.75 Å². The van der Waals surface area contributed by atoms with Gasteiger partial charge in [0.2, 0.25) is 0 Å². The SMILES string of the molecule is COc1cc(C(=O)N(CCN(C)C)C[C@H]2CCCO2)ccc1C. The maximum atomic E-state index is 12.9. The van der Waals surface area contributed by atoms with Crippen molar-refractivity contribution in [3.05, 3.63) is 29.3 Å². The predicted octanol–water partition coefficient (Wildman–Crippen LogP) is 2.19. The average Bonchev–Trinajstić information content (AvgIpc) is 3.04. The molecule has 0 radical (unpaired) electrons. The molecular weight excluding hydrogens is 292 g/mol. The minimum Gasteiger partial charge on any atom is -0.496 e. The molecule has 5 nitrogen and oxygen atoms in total. The number of rotatable bonds is 7. The van der Waals surface area contributed by atoms with E-state index in [0.717, 1.165) is 37.3 Å². The zero-order chi connectivity index (χ0) is 16.8. The summed E-state index contributed by atoms with van der Waals surface area (Å²) in [5.74, 6) is 0.793. The number of carbonyl (C=O) groups is 1. The van der Waals surface area contributed by atoms with Gasteiger partial charge in [0.25, 0.3) is 5.91 Å². The number of likely N-dealkylation sites (N-methyl/N-ethyl adjacent to an activating group) is 1. The van der Waals surface area contributed by atoms with Gasteiger partial charge < -0.3 is 19.3 Å². The highest BCUT2D eigenvalue weighted by atomic mass is 16.5. The van der Waals surface area contributed by atoms with E-state index >= 15 is 0 Å². The van der Waals surface area contributed by atoms with E-state index in [1.54, 1.807) is 7.11 Å². The molecule has 1 saturated heterocycles. The fraction of sp³-hybridized carbons (Fsp3) is 0.611. The maximum absolute atomic E-state index is 12.9. The number of methoxy groups -OCH3 is 1. The van der Waals surface area contributed by atoms with Gasteiger partial charge in [0.15, 0.2) is 0 Å². The van der Waals surface area contributed by atoms with Crippen LogP contribution in [0.25, 0.3) is 0 Å². The van der Waals surface area contributed by atoms with Gasteiger partial charge in [0.05, 0.1) is 13.2 Å². The van der Waals surface area contributed by atoms with Gasteiger partial charge in [-0.3, -0.25) is 4.79 Å². The molecule has 0 aromatic heterocycles. The highest BCUT2D eigenvalue weighted by Gasteiger charge is 2.23. The number of ether oxygens (including phenoxy) is 2. The monoisotopic (exact) mass is 320 g/mol. The van der Waals surface area contributed by atoms with Crippen molar-refractivity contribution in [1.29, 1.82) is 0 Å². The average molecular weight is 320 g/mol. The minimum absolute atomic E-state index is 0.0423. The fourth-order valence-electron chi connectivity index (χ4n) is 2.77. The normalized spacial score (nSPS) is 17.5. The van der Waals surface area contributed by atoms with Crippen LogP contribution in [0.2, 0.25) is 0 Å². The molecule has 1 aromatic rings. The zero-order valence-corrected chi connectivity index (χ0v) is 14.7. The summed E-state index contributed by atoms with van der Waals surface area (Å²) in [4.78, 5) is 16.9. The number of aryl methyl sites for hydroxylation is 1. The third-order valence-corrected chi connectivity index (χ3v) is 4.21. The molecule has 0 saturated carbocycles. The van der Waals surface area contributed by atoms with Crippen LogP contribution in [0.1, 0.15) is 28.8 Å². The van der Waals surface area contributed by atoms with Crippen LogP contribution in [0.4, 0.5) is 0 Å². The number of hydrogen-bond donors (Lipinski definition) is 0. The van der Waals surface area contributed by atoms with Crippen molar-refractivity contribution < 1.29 is 14.3 Å². The molecule has 1 aliphatic heterocycles. The first-order valence-corrected chi connectivity index (χ1v) is 8.21. The van der Waals surface area contributed by atoms with Gasteiger partial charge in [-0.2, -0.15) is 0 Å². The summed E-state index contributed by atoms with van der Waals surface area (Å²) < 4.78 is 11.1. The van der Waals surface area contributed by atoms with Crippen LogP contribution in [0.15, 0.2) is 18.2 Å². The van der Waals surface area contributed by atoms with Crippen molar-refractivity contribution in [2.45, 2.75) is 25.9 Å². The number of amides is 1. The van der Waals surface area contributed by atoms with E-state index in [1.165, 1.54) is 0 Å². The van der Waals surface area contributed by atoms with E-state index in [2.05, 4.69) is 4.90 Å². The first-order chi connectivity index (χ1) is 11.0. The smallest absolute Gasteiger partial charge is 0.254 e. The van der Waals surface area contributed by atoms with Crippen molar-refractivity contribution in [2.24, 2.45) is 0 Å². The molecule has 1 atom stereocenters. The molecule has 5 heteroatoms. The second-order valence-electron chi connectivity index (χ2n) is 6.37. The van der Waals surface area contributed by atoms with Crippen molar-refractivity contribution in [3.8, 4) is 5.75 Å². The third-order valence-electron chi connectivity index (χ3n) is 4.21. The summed E-state index contributed by atoms with van der Waals surface area (Å²) in [6, 6.07) is 5.64. The van der Waals surface area contributed by atoms with E-state index < -0.39 is 0 Å². The van der Waals surface area contributed by atoms with E-state index in [-0.39, 0.29) is 12.0 Å². The van der Waals surface area contributed by atoms with Crippen LogP contribution >= 0.6 is 0 Å². The van der Waals surface area contributed by atoms with Crippen molar-refractivity contribution in [1.82, 2.24) is 9.80 Å². The van der Waals surface area contributed by atoms with Crippen molar-refractivity contribution in [3.63, 3.8) is 0 Å². The van der Waals surface area contributed by atoms with Crippen LogP contribution in [0.3, 0.4) is 0 Å². The Labute approximate surface area is 139 Å². The highest BCUT2D eigenvalue weighted by Crippen LogP contribution is 2.21. The van der Waals surface area contributed by atoms with Crippen LogP contribution in [0, 0.1) is 6.92 Å². The molecule has 1 fully saturated rings. The summed E-state index contributed by atoms with van der Waals surface area (Å²) in [7, 11) is 5.67. The second kappa shape index (κ2) is 8.31. The van der Waals surface area contributed by atoms with Gasteiger partial charge in [0, 0.05) is 31.8 Å². The van der Waals surface area contributed by atoms with Gasteiger partial charge in [-0.1, -0.05) is 6.07 Å². The lowest BCUT2D eigenvalue weighted by molar-refractivity contribution is 0.0512. The molecule has 0 spiro atoms. The first-order valence-electron chi connectivity index (χ1n) is 8.21. The maximum Gasteiger partial charge on any atom is 0.254 e. The van der Waals surface area contributed by atoms with Gasteiger partial charge >= 0.3 is 0 Å². The molecule has 0 N–H and O–H groups in total. The third kappa shape index (κ3) is 4.94. The fourth-order valence-corrected chi connectivity index (χ4v) is 2.77. The Bertz CT molecular complexity index is 525. The quantitative estimate of drug-likeness (QED) is 0.772. The second-order valence-corrected chi connectivity index (χ2v) is 6.37. The molecule has 1 aromatic carbocycles. The van der Waals surface area contributed by atoms with Crippen molar-refractivity contribution >= 4 is 5.91 Å². The summed E-state index contributed by atoms with van der Waals surface area (Å²) in [5.41, 5.74) is 1.70. The molecule has 1 amide bonds. The molecule has 0 bridgehead atoms. The Balaban J connectivity index is 2.13. The summed E-state index contributed by atoms with van der Waals surface area (Å²) in [5, 5.41) is 0. The molecule has 128 valence electrons. The van der Waals surface area contributed by atoms with Crippen molar-refractivity contribution in [2.75, 3.05) is 47.4 Å². The van der Waals surface area contributed by atoms with E-state index in [0.29, 0.717) is 18.7 Å². The summed E-state index contributed by atoms with van der Waals surface area (Å²) in [6.45, 7) is 4.97.